The van der Waals surface area contributed by atoms with Crippen LogP contribution in [-0.2, 0) is 0 Å². The summed E-state index contributed by atoms with van der Waals surface area (Å²) in [5, 5.41) is 0.786. The summed E-state index contributed by atoms with van der Waals surface area (Å²) in [6.45, 7) is 6.62. The number of nitrogens with two attached hydrogens (primary N) is 1. The van der Waals surface area contributed by atoms with Crippen molar-refractivity contribution >= 4 is 17.3 Å². The van der Waals surface area contributed by atoms with Crippen molar-refractivity contribution in [1.29, 1.82) is 0 Å². The van der Waals surface area contributed by atoms with Crippen LogP contribution in [-0.4, -0.2) is 12.6 Å². The van der Waals surface area contributed by atoms with E-state index in [0.717, 1.165) is 22.8 Å². The highest BCUT2D eigenvalue weighted by Crippen LogP contribution is 2.36. The van der Waals surface area contributed by atoms with Crippen LogP contribution in [0.15, 0.2) is 30.9 Å². The molecule has 0 bridgehead atoms. The minimum Gasteiger partial charge on any atom is -0.364 e. The highest BCUT2D eigenvalue weighted by atomic mass is 35.5. The molecule has 0 amide bonds. The minimum atomic E-state index is 0.0235. The van der Waals surface area contributed by atoms with Gasteiger partial charge < -0.3 is 10.6 Å². The van der Waals surface area contributed by atoms with Gasteiger partial charge in [0.2, 0.25) is 0 Å². The Labute approximate surface area is 108 Å². The molecule has 0 radical (unpaired) electrons. The van der Waals surface area contributed by atoms with Crippen molar-refractivity contribution in [2.75, 3.05) is 11.4 Å². The first-order valence-electron chi connectivity index (χ1n) is 6.06. The molecule has 2 N–H and O–H groups in total. The van der Waals surface area contributed by atoms with E-state index in [1.54, 1.807) is 0 Å². The summed E-state index contributed by atoms with van der Waals surface area (Å²) in [6, 6.07) is 6.76. The Balaban J connectivity index is 2.27. The molecule has 0 heterocycles. The quantitative estimate of drug-likeness (QED) is 0.811. The summed E-state index contributed by atoms with van der Waals surface area (Å²) in [6.07, 6.45) is 4.42. The molecule has 0 aliphatic heterocycles. The number of nitrogens with zero attached hydrogens (tertiary/aromatic N) is 1. The predicted molar refractivity (Wildman–Crippen MR) is 74.6 cm³/mol. The van der Waals surface area contributed by atoms with Crippen LogP contribution >= 0.6 is 11.6 Å². The van der Waals surface area contributed by atoms with E-state index in [1.165, 1.54) is 12.8 Å². The topological polar surface area (TPSA) is 29.3 Å². The Bertz CT molecular complexity index is 411. The molecule has 0 unspecified atom stereocenters. The van der Waals surface area contributed by atoms with Crippen LogP contribution in [0.3, 0.4) is 0 Å². The first-order chi connectivity index (χ1) is 8.13. The summed E-state index contributed by atoms with van der Waals surface area (Å²) in [5.74, 6) is 0. The summed E-state index contributed by atoms with van der Waals surface area (Å²) < 4.78 is 0. The fourth-order valence-corrected chi connectivity index (χ4v) is 2.31. The Kier molecular flexibility index (Phi) is 3.75. The molecule has 2 nitrogen and oxygen atoms in total. The van der Waals surface area contributed by atoms with Crippen molar-refractivity contribution in [1.82, 2.24) is 0 Å². The van der Waals surface area contributed by atoms with Gasteiger partial charge in [-0.2, -0.15) is 0 Å². The monoisotopic (exact) mass is 250 g/mol. The zero-order valence-electron chi connectivity index (χ0n) is 10.2. The maximum atomic E-state index is 6.34. The van der Waals surface area contributed by atoms with E-state index in [4.69, 9.17) is 17.3 Å². The van der Waals surface area contributed by atoms with Crippen LogP contribution in [0.1, 0.15) is 31.4 Å². The molecular formula is C14H19ClN2. The second-order valence-electron chi connectivity index (χ2n) is 4.67. The molecule has 1 aliphatic rings. The lowest BCUT2D eigenvalue weighted by Gasteiger charge is -2.24. The fraction of sp³-hybridized carbons (Fsp3) is 0.429. The van der Waals surface area contributed by atoms with Gasteiger partial charge in [0.15, 0.2) is 0 Å². The second kappa shape index (κ2) is 5.11. The molecule has 1 aromatic rings. The zero-order chi connectivity index (χ0) is 12.4. The van der Waals surface area contributed by atoms with Gasteiger partial charge in [-0.05, 0) is 37.5 Å². The zero-order valence-corrected chi connectivity index (χ0v) is 11.0. The van der Waals surface area contributed by atoms with E-state index in [2.05, 4.69) is 23.6 Å². The van der Waals surface area contributed by atoms with Crippen molar-refractivity contribution in [3.8, 4) is 0 Å². The summed E-state index contributed by atoms with van der Waals surface area (Å²) in [5.41, 5.74) is 8.02. The molecule has 17 heavy (non-hydrogen) atoms. The molecule has 3 heteroatoms. The van der Waals surface area contributed by atoms with Crippen LogP contribution in [0.4, 0.5) is 5.69 Å². The lowest BCUT2D eigenvalue weighted by Crippen LogP contribution is -2.25. The van der Waals surface area contributed by atoms with Gasteiger partial charge in [-0.15, -0.1) is 6.58 Å². The number of benzene rings is 1. The van der Waals surface area contributed by atoms with Crippen LogP contribution in [0.5, 0.6) is 0 Å². The van der Waals surface area contributed by atoms with E-state index >= 15 is 0 Å². The Morgan fingerprint density at radius 3 is 2.76 bits per heavy atom. The van der Waals surface area contributed by atoms with Crippen molar-refractivity contribution in [2.45, 2.75) is 31.8 Å². The fourth-order valence-electron chi connectivity index (χ4n) is 2.01. The van der Waals surface area contributed by atoms with Crippen molar-refractivity contribution in [3.63, 3.8) is 0 Å². The maximum absolute atomic E-state index is 6.34. The van der Waals surface area contributed by atoms with E-state index in [9.17, 15) is 0 Å². The van der Waals surface area contributed by atoms with Crippen LogP contribution in [0.25, 0.3) is 0 Å². The molecule has 2 rings (SSSR count). The molecule has 92 valence electrons. The molecule has 1 aromatic carbocycles. The predicted octanol–water partition coefficient (Wildman–Crippen LogP) is 3.51. The molecule has 0 spiro atoms. The molecule has 1 saturated carbocycles. The van der Waals surface area contributed by atoms with Gasteiger partial charge in [-0.25, -0.2) is 0 Å². The maximum Gasteiger partial charge on any atom is 0.0643 e. The van der Waals surface area contributed by atoms with Gasteiger partial charge >= 0.3 is 0 Å². The third-order valence-electron chi connectivity index (χ3n) is 3.12. The van der Waals surface area contributed by atoms with E-state index in [0.29, 0.717) is 6.04 Å². The molecule has 1 fully saturated rings. The Morgan fingerprint density at radius 2 is 2.29 bits per heavy atom. The van der Waals surface area contributed by atoms with Gasteiger partial charge in [0, 0.05) is 18.6 Å². The van der Waals surface area contributed by atoms with Gasteiger partial charge in [-0.1, -0.05) is 23.7 Å². The molecule has 1 atom stereocenters. The smallest absolute Gasteiger partial charge is 0.0643 e. The van der Waals surface area contributed by atoms with Crippen LogP contribution < -0.4 is 10.6 Å². The molecule has 0 aromatic heterocycles. The molecule has 0 saturated heterocycles. The SMILES string of the molecule is C=CCN(c1ccc([C@H](C)N)cc1Cl)C1CC1. The standard InChI is InChI=1S/C14H19ClN2/c1-3-8-17(12-5-6-12)14-7-4-11(10(2)16)9-13(14)15/h3-4,7,9-10,12H,1,5-6,8,16H2,2H3/t10-/m0/s1. The van der Waals surface area contributed by atoms with E-state index in [-0.39, 0.29) is 6.04 Å². The normalized spacial score (nSPS) is 16.6. The highest BCUT2D eigenvalue weighted by molar-refractivity contribution is 6.33. The average Bonchev–Trinajstić information content (AvgIpc) is 3.10. The van der Waals surface area contributed by atoms with E-state index < -0.39 is 0 Å². The summed E-state index contributed by atoms with van der Waals surface area (Å²) in [7, 11) is 0. The van der Waals surface area contributed by atoms with Gasteiger partial charge in [0.05, 0.1) is 10.7 Å². The van der Waals surface area contributed by atoms with Crippen molar-refractivity contribution < 1.29 is 0 Å². The third-order valence-corrected chi connectivity index (χ3v) is 3.42. The van der Waals surface area contributed by atoms with Gasteiger partial charge in [-0.3, -0.25) is 0 Å². The van der Waals surface area contributed by atoms with Crippen molar-refractivity contribution in [2.24, 2.45) is 5.73 Å². The third kappa shape index (κ3) is 2.82. The highest BCUT2D eigenvalue weighted by Gasteiger charge is 2.29. The Hall–Kier alpha value is -0.990. The first kappa shape index (κ1) is 12.5. The second-order valence-corrected chi connectivity index (χ2v) is 5.08. The number of hydrogen-bond acceptors (Lipinski definition) is 2. The number of anilines is 1. The number of hydrogen-bond donors (Lipinski definition) is 1. The summed E-state index contributed by atoms with van der Waals surface area (Å²) in [4.78, 5) is 2.32. The van der Waals surface area contributed by atoms with E-state index in [1.807, 2.05) is 19.1 Å². The minimum absolute atomic E-state index is 0.0235. The first-order valence-corrected chi connectivity index (χ1v) is 6.44. The summed E-state index contributed by atoms with van der Waals surface area (Å²) >= 11 is 6.34. The van der Waals surface area contributed by atoms with Gasteiger partial charge in [0.1, 0.15) is 0 Å². The lowest BCUT2D eigenvalue weighted by atomic mass is 10.1. The van der Waals surface area contributed by atoms with Crippen LogP contribution in [0, 0.1) is 0 Å². The molecular weight excluding hydrogens is 232 g/mol. The van der Waals surface area contributed by atoms with Gasteiger partial charge in [0.25, 0.3) is 0 Å². The number of halogens is 1. The largest absolute Gasteiger partial charge is 0.364 e. The number of rotatable bonds is 5. The van der Waals surface area contributed by atoms with Crippen LogP contribution in [0.2, 0.25) is 5.02 Å². The van der Waals surface area contributed by atoms with Crippen molar-refractivity contribution in [3.05, 3.63) is 41.4 Å². The lowest BCUT2D eigenvalue weighted by molar-refractivity contribution is 0.815. The molecule has 1 aliphatic carbocycles. The Morgan fingerprint density at radius 1 is 1.59 bits per heavy atom. The average molecular weight is 251 g/mol.